The molecule has 0 aromatic heterocycles. The topological polar surface area (TPSA) is 116 Å². The van der Waals surface area contributed by atoms with Gasteiger partial charge in [-0.05, 0) is 20.8 Å². The van der Waals surface area contributed by atoms with Gasteiger partial charge in [0.25, 0.3) is 0 Å². The molecule has 12 heteroatoms. The third-order valence-corrected chi connectivity index (χ3v) is 12.3. The number of alkyl halides is 1. The molecule has 0 amide bonds. The third kappa shape index (κ3) is 12.6. The second-order valence-electron chi connectivity index (χ2n) is 5.90. The average molecular weight is 513 g/mol. The number of halogens is 1. The van der Waals surface area contributed by atoms with Crippen molar-refractivity contribution < 1.29 is 37.2 Å². The summed E-state index contributed by atoms with van der Waals surface area (Å²) in [6, 6.07) is 0. The lowest BCUT2D eigenvalue weighted by Gasteiger charge is -2.23. The van der Waals surface area contributed by atoms with Crippen LogP contribution >= 0.6 is 38.0 Å². The van der Waals surface area contributed by atoms with E-state index in [-0.39, 0.29) is 63.2 Å². The van der Waals surface area contributed by atoms with Crippen molar-refractivity contribution in [2.45, 2.75) is 27.2 Å². The monoisotopic (exact) mass is 512 g/mol. The van der Waals surface area contributed by atoms with Crippen LogP contribution in [-0.2, 0) is 32.3 Å². The number of hydrogen-bond acceptors (Lipinski definition) is 7. The highest BCUT2D eigenvalue weighted by Gasteiger charge is 2.32. The highest BCUT2D eigenvalue weighted by Crippen LogP contribution is 2.56. The van der Waals surface area contributed by atoms with Crippen molar-refractivity contribution in [1.29, 1.82) is 0 Å². The number of rotatable bonds is 16. The Morgan fingerprint density at radius 3 is 1.74 bits per heavy atom. The first-order chi connectivity index (χ1) is 12.6. The van der Waals surface area contributed by atoms with E-state index in [9.17, 15) is 23.4 Å². The van der Waals surface area contributed by atoms with Crippen LogP contribution in [0.1, 0.15) is 27.2 Å². The highest BCUT2D eigenvalue weighted by atomic mass is 79.9. The largest absolute Gasteiger partial charge is 0.466 e. The van der Waals surface area contributed by atoms with E-state index in [1.165, 1.54) is 0 Å². The number of carbonyl (C=O) groups excluding carboxylic acids is 1. The zero-order valence-corrected chi connectivity index (χ0v) is 20.6. The van der Waals surface area contributed by atoms with Gasteiger partial charge in [-0.1, -0.05) is 15.9 Å². The fraction of sp³-hybridized carbons (Fsp3) is 0.933. The highest BCUT2D eigenvalue weighted by molar-refractivity contribution is 9.09. The molecule has 27 heavy (non-hydrogen) atoms. The lowest BCUT2D eigenvalue weighted by atomic mass is 10.5. The molecule has 0 saturated carbocycles. The molecule has 0 aliphatic carbocycles. The molecule has 0 aromatic carbocycles. The smallest absolute Gasteiger partial charge is 0.306 e. The molecule has 0 fully saturated rings. The standard InChI is InChI=1S/C15H32BrO8P3/c1-4-22-15(17)7-9-26(20,23-5-2)13-14-27(21,24-6-3)12-11-25(18,19)10-8-16/h4-14H2,1-3H3,(H,18,19). The van der Waals surface area contributed by atoms with Gasteiger partial charge >= 0.3 is 5.97 Å². The maximum atomic E-state index is 13.0. The summed E-state index contributed by atoms with van der Waals surface area (Å²) in [6.07, 6.45) is -0.130. The van der Waals surface area contributed by atoms with Gasteiger partial charge in [0.15, 0.2) is 0 Å². The Hall–Kier alpha value is 0.520. The van der Waals surface area contributed by atoms with Crippen molar-refractivity contribution >= 4 is 44.0 Å². The Morgan fingerprint density at radius 1 is 0.815 bits per heavy atom. The van der Waals surface area contributed by atoms with Gasteiger partial charge in [-0.2, -0.15) is 0 Å². The van der Waals surface area contributed by atoms with Crippen molar-refractivity contribution in [2.24, 2.45) is 0 Å². The molecule has 0 radical (unpaired) electrons. The van der Waals surface area contributed by atoms with Crippen LogP contribution in [0.3, 0.4) is 0 Å². The van der Waals surface area contributed by atoms with Gasteiger partial charge in [0.1, 0.15) is 0 Å². The van der Waals surface area contributed by atoms with Crippen molar-refractivity contribution in [3.05, 3.63) is 0 Å². The summed E-state index contributed by atoms with van der Waals surface area (Å²) < 4.78 is 53.6. The first-order valence-electron chi connectivity index (χ1n) is 9.03. The summed E-state index contributed by atoms with van der Waals surface area (Å²) in [4.78, 5) is 21.4. The van der Waals surface area contributed by atoms with E-state index in [4.69, 9.17) is 13.8 Å². The first-order valence-corrected chi connectivity index (χ1v) is 16.2. The van der Waals surface area contributed by atoms with Crippen molar-refractivity contribution in [3.63, 3.8) is 0 Å². The summed E-state index contributed by atoms with van der Waals surface area (Å²) in [5.41, 5.74) is 0. The molecule has 0 rings (SSSR count). The fourth-order valence-electron chi connectivity index (χ4n) is 2.30. The molecule has 0 saturated heterocycles. The van der Waals surface area contributed by atoms with E-state index < -0.39 is 28.1 Å². The number of carbonyl (C=O) groups is 1. The van der Waals surface area contributed by atoms with Gasteiger partial charge in [0, 0.05) is 42.3 Å². The average Bonchev–Trinajstić information content (AvgIpc) is 2.58. The molecule has 0 bridgehead atoms. The van der Waals surface area contributed by atoms with Crippen LogP contribution in [0.25, 0.3) is 0 Å². The predicted octanol–water partition coefficient (Wildman–Crippen LogP) is 4.23. The molecular formula is C15H32BrO8P3. The lowest BCUT2D eigenvalue weighted by Crippen LogP contribution is -2.13. The van der Waals surface area contributed by atoms with Crippen LogP contribution in [0.15, 0.2) is 0 Å². The van der Waals surface area contributed by atoms with E-state index in [0.717, 1.165) is 0 Å². The lowest BCUT2D eigenvalue weighted by molar-refractivity contribution is -0.142. The number of ether oxygens (including phenoxy) is 1. The van der Waals surface area contributed by atoms with Crippen LogP contribution in [0, 0.1) is 0 Å². The zero-order chi connectivity index (χ0) is 21.0. The molecule has 0 heterocycles. The summed E-state index contributed by atoms with van der Waals surface area (Å²) in [7, 11) is -9.81. The van der Waals surface area contributed by atoms with Gasteiger partial charge in [-0.3, -0.25) is 18.5 Å². The Labute approximate surface area is 170 Å². The van der Waals surface area contributed by atoms with E-state index in [1.807, 2.05) is 0 Å². The van der Waals surface area contributed by atoms with E-state index in [0.29, 0.717) is 5.33 Å². The van der Waals surface area contributed by atoms with Gasteiger partial charge in [-0.15, -0.1) is 0 Å². The molecule has 1 N–H and O–H groups in total. The van der Waals surface area contributed by atoms with E-state index >= 15 is 0 Å². The Bertz CT molecular complexity index is 583. The Balaban J connectivity index is 4.97. The summed E-state index contributed by atoms with van der Waals surface area (Å²) >= 11 is 3.13. The SMILES string of the molecule is CCOC(=O)CCP(=O)(CCP(=O)(CCP(=O)(O)CCBr)OCC)OCC. The van der Waals surface area contributed by atoms with E-state index in [1.54, 1.807) is 20.8 Å². The summed E-state index contributed by atoms with van der Waals surface area (Å²) in [5.74, 6) is -0.457. The summed E-state index contributed by atoms with van der Waals surface area (Å²) in [6.45, 7) is 5.71. The minimum atomic E-state index is -3.38. The third-order valence-electron chi connectivity index (χ3n) is 3.70. The molecule has 162 valence electrons. The zero-order valence-electron chi connectivity index (χ0n) is 16.3. The fourth-order valence-corrected chi connectivity index (χ4v) is 11.8. The van der Waals surface area contributed by atoms with Crippen LogP contribution in [0.5, 0.6) is 0 Å². The first kappa shape index (κ1) is 27.5. The summed E-state index contributed by atoms with van der Waals surface area (Å²) in [5, 5.41) is 0.382. The van der Waals surface area contributed by atoms with Crippen LogP contribution in [-0.4, -0.2) is 73.0 Å². The number of esters is 1. The maximum absolute atomic E-state index is 13.0. The second-order valence-corrected chi connectivity index (χ2v) is 14.8. The molecule has 0 aliphatic heterocycles. The van der Waals surface area contributed by atoms with Crippen molar-refractivity contribution in [2.75, 3.05) is 62.1 Å². The van der Waals surface area contributed by atoms with Gasteiger partial charge in [0.05, 0.1) is 26.2 Å². The molecule has 3 atom stereocenters. The predicted molar refractivity (Wildman–Crippen MR) is 113 cm³/mol. The van der Waals surface area contributed by atoms with E-state index in [2.05, 4.69) is 15.9 Å². The van der Waals surface area contributed by atoms with Crippen LogP contribution in [0.4, 0.5) is 0 Å². The molecular weight excluding hydrogens is 481 g/mol. The molecule has 3 unspecified atom stereocenters. The van der Waals surface area contributed by atoms with Crippen molar-refractivity contribution in [1.82, 2.24) is 0 Å². The minimum Gasteiger partial charge on any atom is -0.466 e. The minimum absolute atomic E-state index is 0.00782. The normalized spacial score (nSPS) is 18.3. The van der Waals surface area contributed by atoms with Gasteiger partial charge in [0.2, 0.25) is 22.1 Å². The number of hydrogen-bond donors (Lipinski definition) is 1. The molecule has 0 aliphatic rings. The maximum Gasteiger partial charge on any atom is 0.306 e. The Kier molecular flexibility index (Phi) is 14.0. The Morgan fingerprint density at radius 2 is 1.30 bits per heavy atom. The van der Waals surface area contributed by atoms with Gasteiger partial charge < -0.3 is 18.7 Å². The van der Waals surface area contributed by atoms with Gasteiger partial charge in [-0.25, -0.2) is 0 Å². The van der Waals surface area contributed by atoms with Crippen LogP contribution < -0.4 is 0 Å². The molecule has 8 nitrogen and oxygen atoms in total. The van der Waals surface area contributed by atoms with Crippen LogP contribution in [0.2, 0.25) is 0 Å². The second kappa shape index (κ2) is 13.7. The molecule has 0 spiro atoms. The van der Waals surface area contributed by atoms with Crippen molar-refractivity contribution in [3.8, 4) is 0 Å². The molecule has 0 aromatic rings. The quantitative estimate of drug-likeness (QED) is 0.185.